The molecule has 3 N–H and O–H groups in total. The van der Waals surface area contributed by atoms with E-state index in [1.54, 1.807) is 24.4 Å². The molecule has 0 unspecified atom stereocenters. The third kappa shape index (κ3) is 4.69. The van der Waals surface area contributed by atoms with Crippen molar-refractivity contribution in [1.82, 2.24) is 24.4 Å². The number of hydrogen-bond acceptors (Lipinski definition) is 10. The highest BCUT2D eigenvalue weighted by molar-refractivity contribution is 7.86. The largest absolute Gasteiger partial charge is 0.474 e. The van der Waals surface area contributed by atoms with Crippen LogP contribution in [0.4, 0.5) is 11.5 Å². The first kappa shape index (κ1) is 27.0. The van der Waals surface area contributed by atoms with Crippen LogP contribution < -0.4 is 4.74 Å². The van der Waals surface area contributed by atoms with Gasteiger partial charge in [0.15, 0.2) is 17.2 Å². The van der Waals surface area contributed by atoms with Gasteiger partial charge in [-0.25, -0.2) is 14.2 Å². The van der Waals surface area contributed by atoms with Gasteiger partial charge in [-0.15, -0.1) is 10.2 Å². The molecular weight excluding hydrogens is 564 g/mol. The average Bonchev–Trinajstić information content (AvgIpc) is 3.50. The first-order valence-corrected chi connectivity index (χ1v) is 14.3. The summed E-state index contributed by atoms with van der Waals surface area (Å²) in [6.45, 7) is 5.04. The lowest BCUT2D eigenvalue weighted by Gasteiger charge is -2.10. The topological polar surface area (TPSA) is 217 Å². The number of azo groups is 1. The molecule has 0 saturated heterocycles. The third-order valence-electron chi connectivity index (χ3n) is 5.68. The van der Waals surface area contributed by atoms with Crippen molar-refractivity contribution in [3.05, 3.63) is 53.7 Å². The van der Waals surface area contributed by atoms with Crippen LogP contribution in [0.5, 0.6) is 5.88 Å². The molecule has 0 aliphatic carbocycles. The normalized spacial score (nSPS) is 12.6. The van der Waals surface area contributed by atoms with Gasteiger partial charge in [0.25, 0.3) is 20.2 Å². The first-order chi connectivity index (χ1) is 18.8. The number of rotatable bonds is 7. The highest BCUT2D eigenvalue weighted by Gasteiger charge is 2.26. The van der Waals surface area contributed by atoms with E-state index in [0.717, 1.165) is 28.4 Å². The van der Waals surface area contributed by atoms with Crippen molar-refractivity contribution in [2.45, 2.75) is 36.7 Å². The second-order valence-corrected chi connectivity index (χ2v) is 11.6. The Hall–Kier alpha value is -4.63. The van der Waals surface area contributed by atoms with Crippen LogP contribution in [0.3, 0.4) is 0 Å². The van der Waals surface area contributed by atoms with E-state index in [-0.39, 0.29) is 34.7 Å². The molecule has 15 nitrogen and oxygen atoms in total. The Bertz CT molecular complexity index is 2100. The Kier molecular flexibility index (Phi) is 6.42. The van der Waals surface area contributed by atoms with Crippen molar-refractivity contribution in [2.75, 3.05) is 0 Å². The lowest BCUT2D eigenvalue weighted by Crippen LogP contribution is -2.09. The number of aryl methyl sites for hydroxylation is 1. The van der Waals surface area contributed by atoms with Crippen LogP contribution >= 0.6 is 0 Å². The van der Waals surface area contributed by atoms with Gasteiger partial charge in [-0.05, 0) is 51.1 Å². The molecule has 0 aliphatic heterocycles. The average molecular weight is 585 g/mol. The summed E-state index contributed by atoms with van der Waals surface area (Å²) in [5, 5.41) is 25.5. The van der Waals surface area contributed by atoms with Gasteiger partial charge in [-0.1, -0.05) is 12.1 Å². The quantitative estimate of drug-likeness (QED) is 0.185. The number of imidazole rings is 1. The summed E-state index contributed by atoms with van der Waals surface area (Å²) in [7, 11) is -9.71. The van der Waals surface area contributed by atoms with Gasteiger partial charge in [-0.3, -0.25) is 14.2 Å². The lowest BCUT2D eigenvalue weighted by atomic mass is 10.2. The van der Waals surface area contributed by atoms with Gasteiger partial charge in [0.05, 0.1) is 33.4 Å². The zero-order valence-corrected chi connectivity index (χ0v) is 22.6. The molecule has 17 heteroatoms. The Morgan fingerprint density at radius 3 is 2.45 bits per heavy atom. The molecule has 0 spiro atoms. The molecule has 3 heterocycles. The maximum Gasteiger partial charge on any atom is 0.296 e. The number of ether oxygens (including phenoxy) is 1. The van der Waals surface area contributed by atoms with Gasteiger partial charge in [-0.2, -0.15) is 27.2 Å². The van der Waals surface area contributed by atoms with Gasteiger partial charge >= 0.3 is 0 Å². The molecule has 206 valence electrons. The fourth-order valence-corrected chi connectivity index (χ4v) is 5.16. The molecule has 0 radical (unpaired) electrons. The fraction of sp³-hybridized carbons (Fsp3) is 0.174. The summed E-state index contributed by atoms with van der Waals surface area (Å²) >= 11 is 0. The molecule has 0 bridgehead atoms. The van der Waals surface area contributed by atoms with E-state index in [2.05, 4.69) is 25.4 Å². The minimum atomic E-state index is -4.92. The highest BCUT2D eigenvalue weighted by Crippen LogP contribution is 2.37. The molecule has 0 aliphatic rings. The molecule has 3 aromatic heterocycles. The van der Waals surface area contributed by atoms with E-state index < -0.39 is 35.7 Å². The number of aromatic amines is 1. The zero-order valence-electron chi connectivity index (χ0n) is 21.0. The van der Waals surface area contributed by atoms with E-state index in [9.17, 15) is 31.2 Å². The molecule has 40 heavy (non-hydrogen) atoms. The number of hydrogen-bond donors (Lipinski definition) is 3. The van der Waals surface area contributed by atoms with Crippen LogP contribution in [-0.2, 0) is 20.2 Å². The van der Waals surface area contributed by atoms with Crippen molar-refractivity contribution in [1.29, 1.82) is 5.26 Å². The van der Waals surface area contributed by atoms with Gasteiger partial charge in [0, 0.05) is 0 Å². The number of H-pyrrole nitrogens is 1. The summed E-state index contributed by atoms with van der Waals surface area (Å²) in [5.74, 6) is -0.0800. The number of para-hydroxylation sites is 2. The Balaban J connectivity index is 1.77. The van der Waals surface area contributed by atoms with E-state index >= 15 is 0 Å². The number of fused-ring (bicyclic) bond motifs is 3. The summed E-state index contributed by atoms with van der Waals surface area (Å²) in [6.07, 6.45) is -0.272. The van der Waals surface area contributed by atoms with Gasteiger partial charge in [0.1, 0.15) is 16.5 Å². The molecule has 0 amide bonds. The Morgan fingerprint density at radius 1 is 1.07 bits per heavy atom. The monoisotopic (exact) mass is 584 g/mol. The van der Waals surface area contributed by atoms with Crippen molar-refractivity contribution in [2.24, 2.45) is 10.2 Å². The van der Waals surface area contributed by atoms with Crippen LogP contribution in [0, 0.1) is 18.3 Å². The minimum Gasteiger partial charge on any atom is -0.474 e. The van der Waals surface area contributed by atoms with E-state index in [0.29, 0.717) is 11.2 Å². The predicted molar refractivity (Wildman–Crippen MR) is 140 cm³/mol. The van der Waals surface area contributed by atoms with Gasteiger partial charge < -0.3 is 4.74 Å². The standard InChI is InChI=1S/C23H20N8O7S2/c1-12(2)38-23-20(22-25-16-6-4-5-7-17(16)30(22)29-23)26-27-21-15(11-24)13(3)28-31(21)18-10-14(39(32,33)34)8-9-19(18)40(35,36)37/h4-10,12,29H,1-3H3,(H,32,33,34)(H,35,36,37). The Morgan fingerprint density at radius 2 is 1.80 bits per heavy atom. The molecule has 5 aromatic rings. The Labute approximate surface area is 226 Å². The van der Waals surface area contributed by atoms with Crippen LogP contribution in [0.15, 0.2) is 62.5 Å². The number of nitrogens with one attached hydrogen (secondary N) is 1. The van der Waals surface area contributed by atoms with E-state index in [4.69, 9.17) is 4.74 Å². The molecular formula is C23H20N8O7S2. The molecule has 0 saturated carbocycles. The van der Waals surface area contributed by atoms with Crippen molar-refractivity contribution in [3.8, 4) is 17.6 Å². The fourth-order valence-electron chi connectivity index (χ4n) is 4.01. The van der Waals surface area contributed by atoms with Crippen LogP contribution in [0.25, 0.3) is 22.4 Å². The molecule has 0 fully saturated rings. The SMILES string of the molecule is Cc1nn(-c2cc(S(=O)(=O)O)ccc2S(=O)(=O)O)c(N=Nc2c(OC(C)C)[nH]n3c2nc2ccccc23)c1C#N. The maximum atomic E-state index is 12.1. The third-order valence-corrected chi connectivity index (χ3v) is 7.43. The summed E-state index contributed by atoms with van der Waals surface area (Å²) < 4.78 is 75.5. The summed E-state index contributed by atoms with van der Waals surface area (Å²) in [4.78, 5) is 3.13. The molecule has 5 rings (SSSR count). The minimum absolute atomic E-state index is 0.0967. The van der Waals surface area contributed by atoms with E-state index in [1.807, 2.05) is 24.3 Å². The molecule has 2 aromatic carbocycles. The van der Waals surface area contributed by atoms with Crippen LogP contribution in [0.2, 0.25) is 0 Å². The van der Waals surface area contributed by atoms with Gasteiger partial charge in [0.2, 0.25) is 5.88 Å². The van der Waals surface area contributed by atoms with Crippen molar-refractivity contribution < 1.29 is 30.7 Å². The predicted octanol–water partition coefficient (Wildman–Crippen LogP) is 3.88. The van der Waals surface area contributed by atoms with Crippen LogP contribution in [-0.4, -0.2) is 56.4 Å². The number of benzene rings is 2. The number of nitriles is 1. The number of aromatic nitrogens is 5. The smallest absolute Gasteiger partial charge is 0.296 e. The number of nitrogens with zero attached hydrogens (tertiary/aromatic N) is 7. The van der Waals surface area contributed by atoms with Crippen LogP contribution in [0.1, 0.15) is 25.1 Å². The molecule has 0 atom stereocenters. The van der Waals surface area contributed by atoms with Crippen molar-refractivity contribution in [3.63, 3.8) is 0 Å². The summed E-state index contributed by atoms with van der Waals surface area (Å²) in [6, 6.07) is 11.5. The first-order valence-electron chi connectivity index (χ1n) is 11.5. The zero-order chi connectivity index (χ0) is 29.0. The van der Waals surface area contributed by atoms with E-state index in [1.165, 1.54) is 6.92 Å². The second kappa shape index (κ2) is 9.53. The maximum absolute atomic E-state index is 12.1. The lowest BCUT2D eigenvalue weighted by molar-refractivity contribution is 0.232. The second-order valence-electron chi connectivity index (χ2n) is 8.80. The van der Waals surface area contributed by atoms with Crippen molar-refractivity contribution >= 4 is 48.4 Å². The highest BCUT2D eigenvalue weighted by atomic mass is 32.2. The summed E-state index contributed by atoms with van der Waals surface area (Å²) in [5.41, 5.74) is 1.36.